The molecule has 0 aromatic rings. The summed E-state index contributed by atoms with van der Waals surface area (Å²) < 4.78 is 0. The van der Waals surface area contributed by atoms with E-state index in [-0.39, 0.29) is 18.6 Å². The lowest BCUT2D eigenvalue weighted by Gasteiger charge is -2.15. The first-order valence-electron chi connectivity index (χ1n) is 5.21. The van der Waals surface area contributed by atoms with E-state index in [1.807, 2.05) is 6.92 Å². The van der Waals surface area contributed by atoms with Gasteiger partial charge in [0, 0.05) is 19.0 Å². The molecule has 0 aliphatic heterocycles. The average Bonchev–Trinajstić information content (AvgIpc) is 2.24. The van der Waals surface area contributed by atoms with Crippen molar-refractivity contribution >= 4 is 12.0 Å². The Morgan fingerprint density at radius 1 is 1.50 bits per heavy atom. The molecule has 5 nitrogen and oxygen atoms in total. The molecule has 0 rings (SSSR count). The van der Waals surface area contributed by atoms with Gasteiger partial charge in [0.05, 0.1) is 5.92 Å². The van der Waals surface area contributed by atoms with Crippen molar-refractivity contribution < 1.29 is 14.7 Å². The predicted octanol–water partition coefficient (Wildman–Crippen LogP) is 0.808. The fourth-order valence-corrected chi connectivity index (χ4v) is 1.01. The summed E-state index contributed by atoms with van der Waals surface area (Å²) >= 11 is 0. The topological polar surface area (TPSA) is 78.4 Å². The Bertz CT molecular complexity index is 283. The fraction of sp³-hybridized carbons (Fsp3) is 0.636. The van der Waals surface area contributed by atoms with Crippen molar-refractivity contribution in [2.24, 2.45) is 5.92 Å². The van der Waals surface area contributed by atoms with Gasteiger partial charge in [0.15, 0.2) is 0 Å². The van der Waals surface area contributed by atoms with Crippen molar-refractivity contribution in [3.63, 3.8) is 0 Å². The Balaban J connectivity index is 3.90. The van der Waals surface area contributed by atoms with E-state index in [1.54, 1.807) is 0 Å². The molecular weight excluding hydrogens is 208 g/mol. The van der Waals surface area contributed by atoms with Gasteiger partial charge in [0.25, 0.3) is 0 Å². The fourth-order valence-electron chi connectivity index (χ4n) is 1.01. The third kappa shape index (κ3) is 5.91. The van der Waals surface area contributed by atoms with Crippen LogP contribution in [0.15, 0.2) is 0 Å². The molecule has 0 bridgehead atoms. The third-order valence-corrected chi connectivity index (χ3v) is 2.18. The standard InChI is InChI=1S/C11H18N2O3/c1-4-6-9(5-2)13-11(16)12-7-8(3)10(14)15/h1,8-9H,5-7H2,2-3H3,(H,14,15)(H2,12,13,16). The number of aliphatic carboxylic acids is 1. The highest BCUT2D eigenvalue weighted by atomic mass is 16.4. The Kier molecular flexibility index (Phi) is 6.77. The number of carbonyl (C=O) groups is 2. The van der Waals surface area contributed by atoms with Gasteiger partial charge in [0.1, 0.15) is 0 Å². The van der Waals surface area contributed by atoms with Crippen molar-refractivity contribution in [1.82, 2.24) is 10.6 Å². The molecule has 3 N–H and O–H groups in total. The number of urea groups is 1. The highest BCUT2D eigenvalue weighted by molar-refractivity contribution is 5.75. The second-order valence-corrected chi connectivity index (χ2v) is 3.61. The Morgan fingerprint density at radius 2 is 2.12 bits per heavy atom. The number of carboxylic acids is 1. The molecule has 0 aromatic carbocycles. The number of carbonyl (C=O) groups excluding carboxylic acids is 1. The van der Waals surface area contributed by atoms with E-state index in [2.05, 4.69) is 16.6 Å². The van der Waals surface area contributed by atoms with Crippen LogP contribution >= 0.6 is 0 Å². The van der Waals surface area contributed by atoms with Crippen LogP contribution in [0, 0.1) is 18.3 Å². The van der Waals surface area contributed by atoms with Gasteiger partial charge in [-0.3, -0.25) is 4.79 Å². The number of hydrogen-bond donors (Lipinski definition) is 3. The maximum atomic E-state index is 11.3. The molecule has 0 radical (unpaired) electrons. The van der Waals surface area contributed by atoms with Crippen LogP contribution in [0.3, 0.4) is 0 Å². The number of rotatable bonds is 6. The van der Waals surface area contributed by atoms with Crippen molar-refractivity contribution in [2.75, 3.05) is 6.54 Å². The Labute approximate surface area is 95.6 Å². The molecule has 16 heavy (non-hydrogen) atoms. The summed E-state index contributed by atoms with van der Waals surface area (Å²) in [5.41, 5.74) is 0. The van der Waals surface area contributed by atoms with Crippen molar-refractivity contribution in [2.45, 2.75) is 32.7 Å². The number of carboxylic acid groups (broad SMARTS) is 1. The van der Waals surface area contributed by atoms with E-state index < -0.39 is 11.9 Å². The Hall–Kier alpha value is -1.70. The van der Waals surface area contributed by atoms with Crippen LogP contribution in [0.5, 0.6) is 0 Å². The molecule has 0 saturated carbocycles. The van der Waals surface area contributed by atoms with E-state index in [0.29, 0.717) is 6.42 Å². The van der Waals surface area contributed by atoms with Crippen LogP contribution in [0.1, 0.15) is 26.7 Å². The second-order valence-electron chi connectivity index (χ2n) is 3.61. The summed E-state index contributed by atoms with van der Waals surface area (Å²) in [7, 11) is 0. The molecule has 5 heteroatoms. The molecule has 0 fully saturated rings. The number of nitrogens with one attached hydrogen (secondary N) is 2. The van der Waals surface area contributed by atoms with Crippen LogP contribution in [-0.4, -0.2) is 29.7 Å². The minimum Gasteiger partial charge on any atom is -0.481 e. The molecular formula is C11H18N2O3. The molecule has 0 aliphatic carbocycles. The van der Waals surface area contributed by atoms with Gasteiger partial charge in [-0.05, 0) is 6.42 Å². The maximum Gasteiger partial charge on any atom is 0.315 e. The zero-order valence-electron chi connectivity index (χ0n) is 9.62. The minimum absolute atomic E-state index is 0.0647. The monoisotopic (exact) mass is 226 g/mol. The van der Waals surface area contributed by atoms with Gasteiger partial charge < -0.3 is 15.7 Å². The zero-order chi connectivity index (χ0) is 12.6. The van der Waals surface area contributed by atoms with Crippen LogP contribution in [0.2, 0.25) is 0 Å². The summed E-state index contributed by atoms with van der Waals surface area (Å²) in [6.45, 7) is 3.55. The normalized spacial score (nSPS) is 13.3. The minimum atomic E-state index is -0.934. The van der Waals surface area contributed by atoms with E-state index in [1.165, 1.54) is 6.92 Å². The molecule has 90 valence electrons. The van der Waals surface area contributed by atoms with E-state index in [4.69, 9.17) is 11.5 Å². The first-order valence-corrected chi connectivity index (χ1v) is 5.21. The van der Waals surface area contributed by atoms with Gasteiger partial charge in [-0.1, -0.05) is 13.8 Å². The van der Waals surface area contributed by atoms with Crippen LogP contribution in [0.4, 0.5) is 4.79 Å². The van der Waals surface area contributed by atoms with E-state index in [0.717, 1.165) is 6.42 Å². The first-order chi connectivity index (χ1) is 7.51. The van der Waals surface area contributed by atoms with Gasteiger partial charge in [0.2, 0.25) is 0 Å². The largest absolute Gasteiger partial charge is 0.481 e. The molecule has 2 amide bonds. The molecule has 0 heterocycles. The van der Waals surface area contributed by atoms with Crippen molar-refractivity contribution in [3.05, 3.63) is 0 Å². The predicted molar refractivity (Wildman–Crippen MR) is 60.9 cm³/mol. The van der Waals surface area contributed by atoms with Gasteiger partial charge in [-0.25, -0.2) is 4.79 Å². The molecule has 2 atom stereocenters. The lowest BCUT2D eigenvalue weighted by molar-refractivity contribution is -0.140. The highest BCUT2D eigenvalue weighted by Crippen LogP contribution is 1.96. The Morgan fingerprint density at radius 3 is 2.56 bits per heavy atom. The number of terminal acetylenes is 1. The average molecular weight is 226 g/mol. The van der Waals surface area contributed by atoms with Crippen molar-refractivity contribution in [1.29, 1.82) is 0 Å². The molecule has 2 unspecified atom stereocenters. The SMILES string of the molecule is C#CCC(CC)NC(=O)NCC(C)C(=O)O. The summed E-state index contributed by atoms with van der Waals surface area (Å²) in [6, 6.07) is -0.444. The molecule has 0 spiro atoms. The van der Waals surface area contributed by atoms with Gasteiger partial charge in [-0.2, -0.15) is 0 Å². The number of hydrogen-bond acceptors (Lipinski definition) is 2. The first kappa shape index (κ1) is 14.3. The third-order valence-electron chi connectivity index (χ3n) is 2.18. The van der Waals surface area contributed by atoms with E-state index >= 15 is 0 Å². The summed E-state index contributed by atoms with van der Waals surface area (Å²) in [5, 5.41) is 13.8. The van der Waals surface area contributed by atoms with Gasteiger partial charge in [-0.15, -0.1) is 12.3 Å². The summed E-state index contributed by atoms with van der Waals surface area (Å²) in [5.74, 6) is 0.938. The van der Waals surface area contributed by atoms with Crippen LogP contribution in [-0.2, 0) is 4.79 Å². The summed E-state index contributed by atoms with van der Waals surface area (Å²) in [6.07, 6.45) is 6.36. The van der Waals surface area contributed by atoms with E-state index in [9.17, 15) is 9.59 Å². The van der Waals surface area contributed by atoms with Gasteiger partial charge >= 0.3 is 12.0 Å². The summed E-state index contributed by atoms with van der Waals surface area (Å²) in [4.78, 5) is 21.8. The van der Waals surface area contributed by atoms with Crippen LogP contribution < -0.4 is 10.6 Å². The quantitative estimate of drug-likeness (QED) is 0.586. The molecule has 0 aromatic heterocycles. The molecule has 0 aliphatic rings. The smallest absolute Gasteiger partial charge is 0.315 e. The maximum absolute atomic E-state index is 11.3. The molecule has 0 saturated heterocycles. The van der Waals surface area contributed by atoms with Crippen LogP contribution in [0.25, 0.3) is 0 Å². The lowest BCUT2D eigenvalue weighted by atomic mass is 10.1. The lowest BCUT2D eigenvalue weighted by Crippen LogP contribution is -2.43. The van der Waals surface area contributed by atoms with Crippen molar-refractivity contribution in [3.8, 4) is 12.3 Å². The highest BCUT2D eigenvalue weighted by Gasteiger charge is 2.13. The number of amides is 2. The zero-order valence-corrected chi connectivity index (χ0v) is 9.62. The second kappa shape index (κ2) is 7.57.